The number of imidazole rings is 1. The van der Waals surface area contributed by atoms with Crippen LogP contribution in [0.25, 0.3) is 16.8 Å². The molecular formula is C31H20Cl2F6N4O3. The van der Waals surface area contributed by atoms with Crippen LogP contribution >= 0.6 is 23.2 Å². The van der Waals surface area contributed by atoms with Gasteiger partial charge in [0.2, 0.25) is 0 Å². The third-order valence-electron chi connectivity index (χ3n) is 6.97. The van der Waals surface area contributed by atoms with Crippen molar-refractivity contribution in [1.29, 1.82) is 0 Å². The lowest BCUT2D eigenvalue weighted by molar-refractivity contribution is -0.144. The molecule has 0 aliphatic heterocycles. The molecule has 3 N–H and O–H groups in total. The van der Waals surface area contributed by atoms with Gasteiger partial charge in [-0.25, -0.2) is 22.9 Å². The first-order chi connectivity index (χ1) is 21.7. The number of hydrogen-bond acceptors (Lipinski definition) is 4. The van der Waals surface area contributed by atoms with Gasteiger partial charge in [-0.15, -0.1) is 0 Å². The molecule has 46 heavy (non-hydrogen) atoms. The Balaban J connectivity index is 1.40. The van der Waals surface area contributed by atoms with E-state index in [9.17, 15) is 32.3 Å². The quantitative estimate of drug-likeness (QED) is 0.138. The molecule has 0 fully saturated rings. The summed E-state index contributed by atoms with van der Waals surface area (Å²) in [5, 5.41) is 13.9. The van der Waals surface area contributed by atoms with Crippen molar-refractivity contribution in [2.24, 2.45) is 0 Å². The minimum Gasteiger partial charge on any atom is -0.480 e. The summed E-state index contributed by atoms with van der Waals surface area (Å²) >= 11 is 12.4. The van der Waals surface area contributed by atoms with Crippen LogP contribution in [0.2, 0.25) is 10.0 Å². The number of anilines is 1. The van der Waals surface area contributed by atoms with Crippen molar-refractivity contribution in [3.8, 4) is 11.1 Å². The van der Waals surface area contributed by atoms with Crippen molar-refractivity contribution >= 4 is 46.4 Å². The first kappa shape index (κ1) is 32.6. The zero-order valence-corrected chi connectivity index (χ0v) is 24.6. The van der Waals surface area contributed by atoms with Crippen LogP contribution in [0.3, 0.4) is 0 Å². The molecule has 2 heterocycles. The number of amides is 1. The minimum absolute atomic E-state index is 0.00223. The monoisotopic (exact) mass is 680 g/mol. The molecule has 7 nitrogen and oxygen atoms in total. The van der Waals surface area contributed by atoms with E-state index in [1.54, 1.807) is 0 Å². The summed E-state index contributed by atoms with van der Waals surface area (Å²) in [4.78, 5) is 29.3. The van der Waals surface area contributed by atoms with Gasteiger partial charge in [0.15, 0.2) is 0 Å². The number of carboxylic acids is 1. The maximum atomic E-state index is 15.0. The van der Waals surface area contributed by atoms with E-state index in [-0.39, 0.29) is 32.5 Å². The number of aliphatic carboxylic acids is 1. The molecule has 1 amide bonds. The summed E-state index contributed by atoms with van der Waals surface area (Å²) in [6.45, 7) is 0. The van der Waals surface area contributed by atoms with Gasteiger partial charge in [0.1, 0.15) is 40.7 Å². The molecule has 2 unspecified atom stereocenters. The smallest absolute Gasteiger partial charge is 0.412 e. The second kappa shape index (κ2) is 12.9. The van der Waals surface area contributed by atoms with E-state index in [0.29, 0.717) is 17.7 Å². The largest absolute Gasteiger partial charge is 0.480 e. The zero-order chi connectivity index (χ0) is 33.3. The van der Waals surface area contributed by atoms with Crippen molar-refractivity contribution in [3.05, 3.63) is 123 Å². The summed E-state index contributed by atoms with van der Waals surface area (Å²) in [7, 11) is 0. The summed E-state index contributed by atoms with van der Waals surface area (Å²) < 4.78 is 86.5. The maximum absolute atomic E-state index is 15.0. The number of benzene rings is 3. The van der Waals surface area contributed by atoms with Gasteiger partial charge >= 0.3 is 12.1 Å². The van der Waals surface area contributed by atoms with E-state index in [4.69, 9.17) is 23.2 Å². The molecule has 0 saturated carbocycles. The number of carboxylic acid groups (broad SMARTS) is 1. The van der Waals surface area contributed by atoms with E-state index < -0.39 is 65.3 Å². The number of alkyl halides is 3. The highest BCUT2D eigenvalue weighted by Gasteiger charge is 2.41. The van der Waals surface area contributed by atoms with Crippen molar-refractivity contribution in [3.63, 3.8) is 0 Å². The SMILES string of the molecule is O=C(NC(Cc1ccc(-c2c(Cl)cc(F)cc2Cl)c2nccn12)C(=O)O)c1c(F)cc(NC(c2ccccc2)C(F)(F)F)cc1F. The Hall–Kier alpha value is -4.75. The fraction of sp³-hybridized carbons (Fsp3) is 0.129. The standard InChI is InChI=1S/C31H20Cl2F6N4O3/c32-20-10-16(34)11-21(33)25(20)19-7-6-18(43-9-8-40-28(19)43)14-24(30(45)46)42-29(44)26-22(35)12-17(13-23(26)36)41-27(31(37,38)39)15-4-2-1-3-5-15/h1-13,24,27,41H,14H2,(H,42,44)(H,45,46). The Morgan fingerprint density at radius 3 is 2.15 bits per heavy atom. The van der Waals surface area contributed by atoms with Gasteiger partial charge < -0.3 is 20.1 Å². The van der Waals surface area contributed by atoms with Crippen LogP contribution in [0.15, 0.2) is 79.1 Å². The van der Waals surface area contributed by atoms with Crippen molar-refractivity contribution < 1.29 is 41.0 Å². The lowest BCUT2D eigenvalue weighted by Crippen LogP contribution is -2.43. The maximum Gasteiger partial charge on any atom is 0.412 e. The number of pyridine rings is 1. The Labute approximate surface area is 266 Å². The predicted molar refractivity (Wildman–Crippen MR) is 158 cm³/mol. The zero-order valence-electron chi connectivity index (χ0n) is 23.0. The van der Waals surface area contributed by atoms with Gasteiger partial charge in [0, 0.05) is 41.3 Å². The summed E-state index contributed by atoms with van der Waals surface area (Å²) in [6, 6.07) is 8.70. The highest BCUT2D eigenvalue weighted by atomic mass is 35.5. The number of carbonyl (C=O) groups excluding carboxylic acids is 1. The van der Waals surface area contributed by atoms with E-state index in [2.05, 4.69) is 10.3 Å². The molecule has 15 heteroatoms. The number of rotatable bonds is 9. The highest BCUT2D eigenvalue weighted by Crippen LogP contribution is 2.38. The molecule has 2 aromatic heterocycles. The van der Waals surface area contributed by atoms with E-state index in [1.165, 1.54) is 59.3 Å². The first-order valence-electron chi connectivity index (χ1n) is 13.3. The third-order valence-corrected chi connectivity index (χ3v) is 7.56. The van der Waals surface area contributed by atoms with Crippen LogP contribution in [0.1, 0.15) is 27.7 Å². The Morgan fingerprint density at radius 2 is 1.57 bits per heavy atom. The fourth-order valence-corrected chi connectivity index (χ4v) is 5.57. The van der Waals surface area contributed by atoms with Crippen molar-refractivity contribution in [2.75, 3.05) is 5.32 Å². The molecule has 238 valence electrons. The van der Waals surface area contributed by atoms with Gasteiger partial charge in [-0.05, 0) is 42.0 Å². The van der Waals surface area contributed by atoms with Crippen LogP contribution in [0, 0.1) is 17.5 Å². The number of carbonyl (C=O) groups is 2. The van der Waals surface area contributed by atoms with E-state index in [0.717, 1.165) is 12.1 Å². The van der Waals surface area contributed by atoms with E-state index >= 15 is 8.78 Å². The minimum atomic E-state index is -4.84. The van der Waals surface area contributed by atoms with Crippen LogP contribution in [-0.4, -0.2) is 38.6 Å². The molecule has 0 aliphatic rings. The van der Waals surface area contributed by atoms with Gasteiger partial charge in [-0.2, -0.15) is 13.2 Å². The molecule has 5 aromatic rings. The molecule has 0 saturated heterocycles. The molecule has 0 radical (unpaired) electrons. The van der Waals surface area contributed by atoms with Crippen LogP contribution in [0.5, 0.6) is 0 Å². The average Bonchev–Trinajstić information content (AvgIpc) is 3.46. The summed E-state index contributed by atoms with van der Waals surface area (Å²) in [5.74, 6) is -6.70. The Kier molecular flexibility index (Phi) is 9.17. The number of nitrogens with one attached hydrogen (secondary N) is 2. The Morgan fingerprint density at radius 1 is 0.935 bits per heavy atom. The highest BCUT2D eigenvalue weighted by molar-refractivity contribution is 6.39. The molecular weight excluding hydrogens is 661 g/mol. The molecule has 0 spiro atoms. The number of fused-ring (bicyclic) bond motifs is 1. The number of halogens is 8. The topological polar surface area (TPSA) is 95.7 Å². The number of hydrogen-bond donors (Lipinski definition) is 3. The van der Waals surface area contributed by atoms with Gasteiger partial charge in [0.05, 0.1) is 10.0 Å². The Bertz CT molecular complexity index is 1910. The first-order valence-corrected chi connectivity index (χ1v) is 14.0. The van der Waals surface area contributed by atoms with E-state index in [1.807, 2.05) is 5.32 Å². The molecule has 3 aromatic carbocycles. The number of aromatic nitrogens is 2. The molecule has 0 bridgehead atoms. The number of nitrogens with zero attached hydrogens (tertiary/aromatic N) is 2. The molecule has 2 atom stereocenters. The second-order valence-electron chi connectivity index (χ2n) is 10.0. The second-order valence-corrected chi connectivity index (χ2v) is 10.8. The third kappa shape index (κ3) is 6.75. The molecule has 5 rings (SSSR count). The summed E-state index contributed by atoms with van der Waals surface area (Å²) in [5.41, 5.74) is -0.803. The average molecular weight is 681 g/mol. The predicted octanol–water partition coefficient (Wildman–Crippen LogP) is 7.87. The van der Waals surface area contributed by atoms with Crippen LogP contribution in [-0.2, 0) is 11.2 Å². The lowest BCUT2D eigenvalue weighted by Gasteiger charge is -2.23. The lowest BCUT2D eigenvalue weighted by atomic mass is 10.0. The fourth-order valence-electron chi connectivity index (χ4n) is 4.91. The molecule has 0 aliphatic carbocycles. The van der Waals surface area contributed by atoms with Crippen molar-refractivity contribution in [2.45, 2.75) is 24.7 Å². The van der Waals surface area contributed by atoms with Gasteiger partial charge in [-0.1, -0.05) is 53.5 Å². The normalized spacial score (nSPS) is 13.0. The van der Waals surface area contributed by atoms with Crippen LogP contribution < -0.4 is 10.6 Å². The van der Waals surface area contributed by atoms with Crippen molar-refractivity contribution in [1.82, 2.24) is 14.7 Å². The van der Waals surface area contributed by atoms with Crippen LogP contribution in [0.4, 0.5) is 32.0 Å². The van der Waals surface area contributed by atoms with Gasteiger partial charge in [0.25, 0.3) is 5.91 Å². The van der Waals surface area contributed by atoms with Gasteiger partial charge in [-0.3, -0.25) is 4.79 Å². The summed E-state index contributed by atoms with van der Waals surface area (Å²) in [6.07, 6.45) is -2.36.